The van der Waals surface area contributed by atoms with E-state index in [1.165, 1.54) is 0 Å². The highest BCUT2D eigenvalue weighted by molar-refractivity contribution is 7.92. The minimum Gasteiger partial charge on any atom is -0.311 e. The van der Waals surface area contributed by atoms with Crippen LogP contribution in [0.25, 0.3) is 10.8 Å². The smallest absolute Gasteiger partial charge is 0.261 e. The van der Waals surface area contributed by atoms with Crippen LogP contribution in [0.5, 0.6) is 0 Å². The lowest BCUT2D eigenvalue weighted by molar-refractivity contribution is 0.0999. The molecule has 1 aliphatic rings. The lowest BCUT2D eigenvalue weighted by Crippen LogP contribution is -2.20. The Morgan fingerprint density at radius 1 is 0.960 bits per heavy atom. The topological polar surface area (TPSA) is 66.5 Å². The van der Waals surface area contributed by atoms with Crippen molar-refractivity contribution in [1.82, 2.24) is 0 Å². The fourth-order valence-corrected chi connectivity index (χ4v) is 4.23. The van der Waals surface area contributed by atoms with Gasteiger partial charge in [0.15, 0.2) is 0 Å². The van der Waals surface area contributed by atoms with E-state index in [0.29, 0.717) is 16.6 Å². The first-order valence-electron chi connectivity index (χ1n) is 7.82. The van der Waals surface area contributed by atoms with Crippen molar-refractivity contribution < 1.29 is 13.2 Å². The van der Waals surface area contributed by atoms with Crippen LogP contribution in [0.15, 0.2) is 59.5 Å². The van der Waals surface area contributed by atoms with Crippen molar-refractivity contribution in [3.8, 4) is 0 Å². The molecule has 0 aliphatic carbocycles. The van der Waals surface area contributed by atoms with E-state index in [-0.39, 0.29) is 10.8 Å². The summed E-state index contributed by atoms with van der Waals surface area (Å²) in [5.41, 5.74) is 2.83. The number of carbonyl (C=O) groups is 1. The van der Waals surface area contributed by atoms with Gasteiger partial charge in [0, 0.05) is 23.4 Å². The van der Waals surface area contributed by atoms with Gasteiger partial charge in [0.05, 0.1) is 16.3 Å². The van der Waals surface area contributed by atoms with Crippen LogP contribution in [0.4, 0.5) is 11.4 Å². The molecule has 1 heterocycles. The van der Waals surface area contributed by atoms with Gasteiger partial charge in [-0.05, 0) is 37.3 Å². The maximum atomic E-state index is 12.7. The van der Waals surface area contributed by atoms with Crippen LogP contribution in [-0.4, -0.2) is 21.4 Å². The van der Waals surface area contributed by atoms with Crippen molar-refractivity contribution in [3.05, 3.63) is 65.7 Å². The van der Waals surface area contributed by atoms with Gasteiger partial charge in [-0.15, -0.1) is 0 Å². The Hall–Kier alpha value is -2.86. The van der Waals surface area contributed by atoms with Crippen molar-refractivity contribution in [1.29, 1.82) is 0 Å². The zero-order valence-corrected chi connectivity index (χ0v) is 14.6. The standard InChI is InChI=1S/C19H16N2O3S/c1-12-6-8-13(9-7-12)25(23,24)20-16-10-11-17-18-14(16)4-3-5-15(18)19(22)21(17)2/h3-11,20H,1-2H3. The zero-order valence-electron chi connectivity index (χ0n) is 13.8. The number of hydrogen-bond donors (Lipinski definition) is 1. The zero-order chi connectivity index (χ0) is 17.8. The van der Waals surface area contributed by atoms with E-state index in [2.05, 4.69) is 4.72 Å². The number of hydrogen-bond acceptors (Lipinski definition) is 3. The molecule has 0 atom stereocenters. The number of sulfonamides is 1. The molecule has 0 saturated carbocycles. The van der Waals surface area contributed by atoms with E-state index in [1.54, 1.807) is 60.5 Å². The van der Waals surface area contributed by atoms with Gasteiger partial charge in [-0.25, -0.2) is 8.42 Å². The Balaban J connectivity index is 1.84. The molecule has 0 aromatic heterocycles. The molecule has 0 radical (unpaired) electrons. The molecule has 0 fully saturated rings. The molecule has 1 N–H and O–H groups in total. The molecule has 3 aromatic carbocycles. The highest BCUT2D eigenvalue weighted by Crippen LogP contribution is 2.40. The molecule has 0 bridgehead atoms. The number of rotatable bonds is 3. The molecule has 1 amide bonds. The Labute approximate surface area is 145 Å². The van der Waals surface area contributed by atoms with E-state index < -0.39 is 10.0 Å². The predicted molar refractivity (Wildman–Crippen MR) is 98.7 cm³/mol. The summed E-state index contributed by atoms with van der Waals surface area (Å²) >= 11 is 0. The summed E-state index contributed by atoms with van der Waals surface area (Å²) in [6.45, 7) is 1.90. The summed E-state index contributed by atoms with van der Waals surface area (Å²) in [5, 5.41) is 1.49. The average molecular weight is 352 g/mol. The number of nitrogens with one attached hydrogen (secondary N) is 1. The number of aryl methyl sites for hydroxylation is 1. The summed E-state index contributed by atoms with van der Waals surface area (Å²) in [7, 11) is -1.99. The van der Waals surface area contributed by atoms with Gasteiger partial charge in [0.25, 0.3) is 15.9 Å². The summed E-state index contributed by atoms with van der Waals surface area (Å²) < 4.78 is 28.0. The molecule has 4 rings (SSSR count). The lowest BCUT2D eigenvalue weighted by atomic mass is 10.0. The van der Waals surface area contributed by atoms with Gasteiger partial charge in [0.2, 0.25) is 0 Å². The molecule has 5 nitrogen and oxygen atoms in total. The number of nitrogens with zero attached hydrogens (tertiary/aromatic N) is 1. The van der Waals surface area contributed by atoms with Gasteiger partial charge >= 0.3 is 0 Å². The molecular weight excluding hydrogens is 336 g/mol. The van der Waals surface area contributed by atoms with Crippen LogP contribution in [0, 0.1) is 6.92 Å². The average Bonchev–Trinajstić information content (AvgIpc) is 2.84. The molecule has 3 aromatic rings. The number of benzene rings is 3. The highest BCUT2D eigenvalue weighted by Gasteiger charge is 2.28. The Kier molecular flexibility index (Phi) is 3.33. The van der Waals surface area contributed by atoms with Crippen molar-refractivity contribution in [2.24, 2.45) is 0 Å². The van der Waals surface area contributed by atoms with Crippen LogP contribution in [0.2, 0.25) is 0 Å². The number of carbonyl (C=O) groups excluding carboxylic acids is 1. The SMILES string of the molecule is Cc1ccc(S(=O)(=O)Nc2ccc3c4c(cccc24)C(=O)N3C)cc1. The second kappa shape index (κ2) is 5.32. The number of anilines is 2. The maximum absolute atomic E-state index is 12.7. The van der Waals surface area contributed by atoms with Gasteiger partial charge in [-0.3, -0.25) is 9.52 Å². The minimum absolute atomic E-state index is 0.0841. The van der Waals surface area contributed by atoms with Crippen molar-refractivity contribution in [2.75, 3.05) is 16.7 Å². The fourth-order valence-electron chi connectivity index (χ4n) is 3.15. The first-order valence-corrected chi connectivity index (χ1v) is 9.30. The Morgan fingerprint density at radius 2 is 1.68 bits per heavy atom. The van der Waals surface area contributed by atoms with Gasteiger partial charge < -0.3 is 4.90 Å². The number of amides is 1. The molecule has 6 heteroatoms. The lowest BCUT2D eigenvalue weighted by Gasteiger charge is -2.13. The van der Waals surface area contributed by atoms with Crippen molar-refractivity contribution in [2.45, 2.75) is 11.8 Å². The first kappa shape index (κ1) is 15.7. The molecule has 25 heavy (non-hydrogen) atoms. The van der Waals surface area contributed by atoms with Crippen LogP contribution >= 0.6 is 0 Å². The van der Waals surface area contributed by atoms with Crippen LogP contribution in [-0.2, 0) is 10.0 Å². The Bertz CT molecular complexity index is 1120. The maximum Gasteiger partial charge on any atom is 0.261 e. The molecule has 0 saturated heterocycles. The normalized spacial score (nSPS) is 13.5. The first-order chi connectivity index (χ1) is 11.9. The highest BCUT2D eigenvalue weighted by atomic mass is 32.2. The molecular formula is C19H16N2O3S. The summed E-state index contributed by atoms with van der Waals surface area (Å²) in [6.07, 6.45) is 0. The second-order valence-corrected chi connectivity index (χ2v) is 7.83. The fraction of sp³-hybridized carbons (Fsp3) is 0.105. The van der Waals surface area contributed by atoms with Crippen LogP contribution in [0.1, 0.15) is 15.9 Å². The molecule has 0 spiro atoms. The predicted octanol–water partition coefficient (Wildman–Crippen LogP) is 3.54. The van der Waals surface area contributed by atoms with Crippen molar-refractivity contribution in [3.63, 3.8) is 0 Å². The van der Waals surface area contributed by atoms with Gasteiger partial charge in [-0.2, -0.15) is 0 Å². The molecule has 1 aliphatic heterocycles. The van der Waals surface area contributed by atoms with E-state index in [4.69, 9.17) is 0 Å². The third-order valence-corrected chi connectivity index (χ3v) is 5.87. The Morgan fingerprint density at radius 3 is 2.40 bits per heavy atom. The van der Waals surface area contributed by atoms with E-state index in [9.17, 15) is 13.2 Å². The quantitative estimate of drug-likeness (QED) is 0.784. The third-order valence-electron chi connectivity index (χ3n) is 4.49. The molecule has 0 unspecified atom stereocenters. The second-order valence-electron chi connectivity index (χ2n) is 6.14. The van der Waals surface area contributed by atoms with E-state index >= 15 is 0 Å². The van der Waals surface area contributed by atoms with Gasteiger partial charge in [0.1, 0.15) is 0 Å². The van der Waals surface area contributed by atoms with E-state index in [1.807, 2.05) is 13.0 Å². The summed E-state index contributed by atoms with van der Waals surface area (Å²) in [4.78, 5) is 14.1. The summed E-state index contributed by atoms with van der Waals surface area (Å²) in [5.74, 6) is -0.0841. The van der Waals surface area contributed by atoms with Crippen LogP contribution in [0.3, 0.4) is 0 Å². The third kappa shape index (κ3) is 2.37. The van der Waals surface area contributed by atoms with E-state index in [0.717, 1.165) is 16.6 Å². The van der Waals surface area contributed by atoms with Crippen molar-refractivity contribution >= 4 is 38.1 Å². The summed E-state index contributed by atoms with van der Waals surface area (Å²) in [6, 6.07) is 15.5. The minimum atomic E-state index is -3.70. The largest absolute Gasteiger partial charge is 0.311 e. The van der Waals surface area contributed by atoms with Gasteiger partial charge in [-0.1, -0.05) is 29.8 Å². The molecule has 126 valence electrons. The van der Waals surface area contributed by atoms with Crippen LogP contribution < -0.4 is 9.62 Å². The monoisotopic (exact) mass is 352 g/mol.